The maximum atomic E-state index is 14.4. The van der Waals surface area contributed by atoms with E-state index in [4.69, 9.17) is 4.74 Å². The van der Waals surface area contributed by atoms with Crippen molar-refractivity contribution in [1.82, 2.24) is 10.6 Å². The number of benzene rings is 1. The summed E-state index contributed by atoms with van der Waals surface area (Å²) in [7, 11) is 0. The summed E-state index contributed by atoms with van der Waals surface area (Å²) in [6.45, 7) is 4.66. The molecule has 1 fully saturated rings. The van der Waals surface area contributed by atoms with Gasteiger partial charge in [0.25, 0.3) is 0 Å². The number of hydrogen-bond acceptors (Lipinski definition) is 3. The lowest BCUT2D eigenvalue weighted by Crippen LogP contribution is -2.38. The van der Waals surface area contributed by atoms with Gasteiger partial charge in [-0.25, -0.2) is 9.38 Å². The first-order chi connectivity index (χ1) is 12.4. The van der Waals surface area contributed by atoms with Crippen LogP contribution >= 0.6 is 24.0 Å². The summed E-state index contributed by atoms with van der Waals surface area (Å²) in [5.74, 6) is -0.0657. The van der Waals surface area contributed by atoms with E-state index in [0.29, 0.717) is 44.1 Å². The van der Waals surface area contributed by atoms with Crippen LogP contribution in [0.4, 0.5) is 23.2 Å². The lowest BCUT2D eigenvalue weighted by Gasteiger charge is -2.29. The van der Waals surface area contributed by atoms with Gasteiger partial charge in [0.05, 0.1) is 31.9 Å². The minimum atomic E-state index is -4.22. The topological polar surface area (TPSA) is 48.9 Å². The molecular weight excluding hydrogens is 479 g/mol. The molecule has 2 N–H and O–H groups in total. The maximum Gasteiger partial charge on any atom is 0.390 e. The Hall–Kier alpha value is -1.30. The lowest BCUT2D eigenvalue weighted by atomic mass is 10.1. The number of rotatable bonds is 6. The van der Waals surface area contributed by atoms with Crippen LogP contribution in [0.1, 0.15) is 18.9 Å². The fourth-order valence-electron chi connectivity index (χ4n) is 2.54. The van der Waals surface area contributed by atoms with Crippen molar-refractivity contribution < 1.29 is 22.3 Å². The van der Waals surface area contributed by atoms with Crippen molar-refractivity contribution in [2.24, 2.45) is 4.99 Å². The fourth-order valence-corrected chi connectivity index (χ4v) is 2.54. The van der Waals surface area contributed by atoms with Crippen molar-refractivity contribution in [3.8, 4) is 0 Å². The number of anilines is 1. The van der Waals surface area contributed by atoms with Crippen molar-refractivity contribution in [2.75, 3.05) is 44.3 Å². The molecule has 1 aliphatic heterocycles. The molecule has 0 amide bonds. The quantitative estimate of drug-likeness (QED) is 0.270. The number of hydrogen-bond donors (Lipinski definition) is 2. The zero-order valence-corrected chi connectivity index (χ0v) is 17.4. The third-order valence-electron chi connectivity index (χ3n) is 3.83. The van der Waals surface area contributed by atoms with Crippen LogP contribution in [0, 0.1) is 5.82 Å². The van der Waals surface area contributed by atoms with E-state index in [1.54, 1.807) is 12.1 Å². The predicted octanol–water partition coefficient (Wildman–Crippen LogP) is 3.29. The van der Waals surface area contributed by atoms with Crippen LogP contribution in [0.15, 0.2) is 23.2 Å². The molecule has 2 rings (SSSR count). The summed E-state index contributed by atoms with van der Waals surface area (Å²) in [6.07, 6.45) is -5.16. The van der Waals surface area contributed by atoms with E-state index in [-0.39, 0.29) is 48.8 Å². The van der Waals surface area contributed by atoms with Crippen molar-refractivity contribution in [3.63, 3.8) is 0 Å². The standard InChI is InChI=1S/C17H24F4N4O.HI/c1-2-22-16(23-6-5-17(19,20)21)24-12-13-3-4-15(14(18)11-13)25-7-9-26-10-8-25;/h3-4,11H,2,5-10,12H2,1H3,(H2,22,23,24);1H. The van der Waals surface area contributed by atoms with Gasteiger partial charge in [0.15, 0.2) is 5.96 Å². The van der Waals surface area contributed by atoms with Crippen LogP contribution in [-0.4, -0.2) is 51.5 Å². The Kier molecular flexibility index (Phi) is 10.1. The molecule has 0 aromatic heterocycles. The normalized spacial score (nSPS) is 15.3. The summed E-state index contributed by atoms with van der Waals surface area (Å²) >= 11 is 0. The number of morpholine rings is 1. The molecule has 0 atom stereocenters. The molecule has 1 saturated heterocycles. The average Bonchev–Trinajstić information content (AvgIpc) is 2.59. The molecule has 27 heavy (non-hydrogen) atoms. The number of halogens is 5. The minimum Gasteiger partial charge on any atom is -0.378 e. The second-order valence-corrected chi connectivity index (χ2v) is 5.87. The zero-order chi connectivity index (χ0) is 19.0. The van der Waals surface area contributed by atoms with Crippen molar-refractivity contribution in [3.05, 3.63) is 29.6 Å². The Balaban J connectivity index is 0.00000364. The highest BCUT2D eigenvalue weighted by molar-refractivity contribution is 14.0. The molecule has 1 aromatic carbocycles. The number of aliphatic imine (C=N–C) groups is 1. The van der Waals surface area contributed by atoms with Gasteiger partial charge in [-0.2, -0.15) is 13.2 Å². The molecule has 0 bridgehead atoms. The third-order valence-corrected chi connectivity index (χ3v) is 3.83. The fraction of sp³-hybridized carbons (Fsp3) is 0.588. The monoisotopic (exact) mass is 504 g/mol. The molecule has 0 spiro atoms. The van der Waals surface area contributed by atoms with Crippen molar-refractivity contribution in [2.45, 2.75) is 26.1 Å². The number of nitrogens with one attached hydrogen (secondary N) is 2. The molecule has 0 saturated carbocycles. The SMILES string of the molecule is CCNC(=NCc1ccc(N2CCOCC2)c(F)c1)NCCC(F)(F)F.I. The summed E-state index contributed by atoms with van der Waals surface area (Å²) in [5.41, 5.74) is 1.17. The van der Waals surface area contributed by atoms with Gasteiger partial charge < -0.3 is 20.3 Å². The number of ether oxygens (including phenoxy) is 1. The van der Waals surface area contributed by atoms with Crippen LogP contribution in [-0.2, 0) is 11.3 Å². The van der Waals surface area contributed by atoms with E-state index >= 15 is 0 Å². The first-order valence-corrected chi connectivity index (χ1v) is 8.59. The summed E-state index contributed by atoms with van der Waals surface area (Å²) < 4.78 is 56.3. The van der Waals surface area contributed by atoms with Gasteiger partial charge in [-0.3, -0.25) is 0 Å². The van der Waals surface area contributed by atoms with E-state index < -0.39 is 12.6 Å². The number of nitrogens with zero attached hydrogens (tertiary/aromatic N) is 2. The molecule has 0 radical (unpaired) electrons. The molecule has 1 aliphatic rings. The molecule has 5 nitrogen and oxygen atoms in total. The van der Waals surface area contributed by atoms with E-state index in [0.717, 1.165) is 0 Å². The molecule has 0 aliphatic carbocycles. The Morgan fingerprint density at radius 1 is 1.22 bits per heavy atom. The van der Waals surface area contributed by atoms with E-state index in [9.17, 15) is 17.6 Å². The highest BCUT2D eigenvalue weighted by Gasteiger charge is 2.26. The second-order valence-electron chi connectivity index (χ2n) is 5.87. The summed E-state index contributed by atoms with van der Waals surface area (Å²) in [6, 6.07) is 4.89. The van der Waals surface area contributed by atoms with Crippen LogP contribution in [0.5, 0.6) is 0 Å². The van der Waals surface area contributed by atoms with Gasteiger partial charge >= 0.3 is 6.18 Å². The van der Waals surface area contributed by atoms with Gasteiger partial charge in [-0.15, -0.1) is 24.0 Å². The van der Waals surface area contributed by atoms with Crippen LogP contribution in [0.2, 0.25) is 0 Å². The Morgan fingerprint density at radius 2 is 1.93 bits per heavy atom. The van der Waals surface area contributed by atoms with Gasteiger partial charge in [-0.05, 0) is 24.6 Å². The van der Waals surface area contributed by atoms with E-state index in [1.165, 1.54) is 6.07 Å². The third kappa shape index (κ3) is 8.50. The first-order valence-electron chi connectivity index (χ1n) is 8.59. The highest BCUT2D eigenvalue weighted by Crippen LogP contribution is 2.22. The van der Waals surface area contributed by atoms with Gasteiger partial charge in [0.2, 0.25) is 0 Å². The van der Waals surface area contributed by atoms with Crippen molar-refractivity contribution >= 4 is 35.6 Å². The second kappa shape index (κ2) is 11.5. The Labute approximate surface area is 173 Å². The maximum absolute atomic E-state index is 14.4. The average molecular weight is 504 g/mol. The first kappa shape index (κ1) is 23.7. The highest BCUT2D eigenvalue weighted by atomic mass is 127. The summed E-state index contributed by atoms with van der Waals surface area (Å²) in [5, 5.41) is 5.50. The molecule has 10 heteroatoms. The summed E-state index contributed by atoms with van der Waals surface area (Å²) in [4.78, 5) is 6.14. The number of alkyl halides is 3. The van der Waals surface area contributed by atoms with Gasteiger partial charge in [0, 0.05) is 26.2 Å². The van der Waals surface area contributed by atoms with Gasteiger partial charge in [0.1, 0.15) is 5.82 Å². The van der Waals surface area contributed by atoms with Crippen LogP contribution in [0.25, 0.3) is 0 Å². The Bertz CT molecular complexity index is 607. The molecule has 154 valence electrons. The van der Waals surface area contributed by atoms with Crippen LogP contribution in [0.3, 0.4) is 0 Å². The zero-order valence-electron chi connectivity index (χ0n) is 15.1. The lowest BCUT2D eigenvalue weighted by molar-refractivity contribution is -0.132. The molecule has 0 unspecified atom stereocenters. The van der Waals surface area contributed by atoms with Crippen molar-refractivity contribution in [1.29, 1.82) is 0 Å². The molecular formula is C17H25F4IN4O. The Morgan fingerprint density at radius 3 is 2.52 bits per heavy atom. The largest absolute Gasteiger partial charge is 0.390 e. The predicted molar refractivity (Wildman–Crippen MR) is 108 cm³/mol. The van der Waals surface area contributed by atoms with E-state index in [2.05, 4.69) is 15.6 Å². The molecule has 1 heterocycles. The minimum absolute atomic E-state index is 0. The van der Waals surface area contributed by atoms with E-state index in [1.807, 2.05) is 11.8 Å². The number of guanidine groups is 1. The van der Waals surface area contributed by atoms with Crippen LogP contribution < -0.4 is 15.5 Å². The smallest absolute Gasteiger partial charge is 0.378 e. The molecule has 1 aromatic rings. The van der Waals surface area contributed by atoms with Gasteiger partial charge in [-0.1, -0.05) is 6.07 Å².